The Morgan fingerprint density at radius 1 is 1.00 bits per heavy atom. The number of hydrogen-bond donors (Lipinski definition) is 3. The third kappa shape index (κ3) is 4.53. The minimum absolute atomic E-state index is 0.342. The lowest BCUT2D eigenvalue weighted by Crippen LogP contribution is -2.16. The second-order valence-corrected chi connectivity index (χ2v) is 7.65. The van der Waals surface area contributed by atoms with Gasteiger partial charge in [-0.25, -0.2) is 15.0 Å². The highest BCUT2D eigenvalue weighted by Crippen LogP contribution is 2.32. The van der Waals surface area contributed by atoms with Crippen molar-refractivity contribution in [2.75, 3.05) is 10.6 Å². The van der Waals surface area contributed by atoms with Gasteiger partial charge in [-0.15, -0.1) is 5.10 Å². The van der Waals surface area contributed by atoms with E-state index in [-0.39, 0.29) is 5.69 Å². The van der Waals surface area contributed by atoms with Crippen molar-refractivity contribution in [2.45, 2.75) is 13.1 Å². The van der Waals surface area contributed by atoms with Crippen LogP contribution in [-0.2, 0) is 6.18 Å². The molecule has 0 unspecified atom stereocenters. The molecule has 0 aliphatic heterocycles. The molecule has 0 spiro atoms. The van der Waals surface area contributed by atoms with Crippen molar-refractivity contribution in [2.24, 2.45) is 0 Å². The van der Waals surface area contributed by atoms with Crippen LogP contribution in [0.15, 0.2) is 61.4 Å². The van der Waals surface area contributed by atoms with E-state index in [2.05, 4.69) is 45.8 Å². The second kappa shape index (κ2) is 9.02. The lowest BCUT2D eigenvalue weighted by molar-refractivity contribution is -0.137. The van der Waals surface area contributed by atoms with Gasteiger partial charge in [-0.1, -0.05) is 6.07 Å². The Kier molecular flexibility index (Phi) is 5.72. The average Bonchev–Trinajstić information content (AvgIpc) is 3.35. The number of halogens is 3. The van der Waals surface area contributed by atoms with Crippen LogP contribution in [0.5, 0.6) is 0 Å². The number of anilines is 3. The molecule has 0 aliphatic carbocycles. The highest BCUT2D eigenvalue weighted by Gasteiger charge is 2.31. The Bertz CT molecular complexity index is 1580. The van der Waals surface area contributed by atoms with Crippen LogP contribution in [0.2, 0.25) is 0 Å². The first-order valence-electron chi connectivity index (χ1n) is 10.5. The standard InChI is InChI=1S/C23H16F3N9O/c1-12-2-3-14(33-22(36)17-8-13(4-6-27-17)23(24,25)26)9-16(12)34-20-15(5-7-32-35-20)18-19-21(30-10-28-18)31-11-29-19/h2-11H,1H3,(H,33,36)(H,34,35)(H,28,29,30,31). The van der Waals surface area contributed by atoms with Crippen LogP contribution in [0.1, 0.15) is 21.6 Å². The van der Waals surface area contributed by atoms with E-state index in [4.69, 9.17) is 0 Å². The van der Waals surface area contributed by atoms with Crippen molar-refractivity contribution in [1.29, 1.82) is 0 Å². The Morgan fingerprint density at radius 3 is 2.69 bits per heavy atom. The molecule has 0 atom stereocenters. The van der Waals surface area contributed by atoms with Crippen molar-refractivity contribution in [3.05, 3.63) is 78.3 Å². The average molecular weight is 491 g/mol. The molecule has 3 N–H and O–H groups in total. The molecule has 0 radical (unpaired) electrons. The summed E-state index contributed by atoms with van der Waals surface area (Å²) in [6.45, 7) is 1.84. The fraction of sp³-hybridized carbons (Fsp3) is 0.0870. The predicted molar refractivity (Wildman–Crippen MR) is 124 cm³/mol. The smallest absolute Gasteiger partial charge is 0.338 e. The maximum Gasteiger partial charge on any atom is 0.416 e. The van der Waals surface area contributed by atoms with Gasteiger partial charge in [0.25, 0.3) is 5.91 Å². The summed E-state index contributed by atoms with van der Waals surface area (Å²) in [6.07, 6.45) is 0.799. The number of benzene rings is 1. The number of pyridine rings is 1. The number of carbonyl (C=O) groups is 1. The summed E-state index contributed by atoms with van der Waals surface area (Å²) >= 11 is 0. The summed E-state index contributed by atoms with van der Waals surface area (Å²) in [4.78, 5) is 32.0. The summed E-state index contributed by atoms with van der Waals surface area (Å²) in [5.41, 5.74) is 2.69. The summed E-state index contributed by atoms with van der Waals surface area (Å²) in [7, 11) is 0. The van der Waals surface area contributed by atoms with Gasteiger partial charge >= 0.3 is 6.18 Å². The van der Waals surface area contributed by atoms with Gasteiger partial charge in [-0.05, 0) is 42.8 Å². The topological polar surface area (TPSA) is 134 Å². The summed E-state index contributed by atoms with van der Waals surface area (Å²) < 4.78 is 39.0. The van der Waals surface area contributed by atoms with Gasteiger partial charge in [0.15, 0.2) is 11.5 Å². The molecule has 0 saturated carbocycles. The van der Waals surface area contributed by atoms with Crippen molar-refractivity contribution in [1.82, 2.24) is 35.1 Å². The number of alkyl halides is 3. The van der Waals surface area contributed by atoms with Gasteiger partial charge in [0.05, 0.1) is 18.1 Å². The van der Waals surface area contributed by atoms with Gasteiger partial charge in [0, 0.05) is 23.1 Å². The van der Waals surface area contributed by atoms with Crippen LogP contribution in [0, 0.1) is 6.92 Å². The molecule has 4 aromatic heterocycles. The molecule has 1 aromatic carbocycles. The third-order valence-corrected chi connectivity index (χ3v) is 5.26. The maximum absolute atomic E-state index is 13.0. The zero-order chi connectivity index (χ0) is 25.3. The Labute approximate surface area is 201 Å². The number of aryl methyl sites for hydroxylation is 1. The van der Waals surface area contributed by atoms with Crippen LogP contribution in [0.3, 0.4) is 0 Å². The fourth-order valence-electron chi connectivity index (χ4n) is 3.47. The Balaban J connectivity index is 1.43. The summed E-state index contributed by atoms with van der Waals surface area (Å²) in [6, 6.07) is 8.23. The lowest BCUT2D eigenvalue weighted by Gasteiger charge is -2.14. The number of imidazole rings is 1. The van der Waals surface area contributed by atoms with Gasteiger partial charge in [-0.2, -0.15) is 18.3 Å². The van der Waals surface area contributed by atoms with E-state index in [1.165, 1.54) is 18.9 Å². The van der Waals surface area contributed by atoms with E-state index >= 15 is 0 Å². The number of aromatic amines is 1. The van der Waals surface area contributed by atoms with E-state index in [0.29, 0.717) is 45.7 Å². The lowest BCUT2D eigenvalue weighted by atomic mass is 10.1. The molecule has 0 fully saturated rings. The highest BCUT2D eigenvalue weighted by atomic mass is 19.4. The normalized spacial score (nSPS) is 11.4. The molecule has 13 heteroatoms. The minimum atomic E-state index is -4.58. The number of aromatic nitrogens is 7. The van der Waals surface area contributed by atoms with Crippen molar-refractivity contribution < 1.29 is 18.0 Å². The van der Waals surface area contributed by atoms with Crippen LogP contribution in [-0.4, -0.2) is 41.0 Å². The molecule has 36 heavy (non-hydrogen) atoms. The number of carbonyl (C=O) groups excluding carboxylic acids is 1. The predicted octanol–water partition coefficient (Wildman–Crippen LogP) is 4.53. The second-order valence-electron chi connectivity index (χ2n) is 7.65. The molecule has 0 aliphatic rings. The van der Waals surface area contributed by atoms with Gasteiger partial charge in [0.1, 0.15) is 23.2 Å². The number of fused-ring (bicyclic) bond motifs is 1. The molecule has 1 amide bonds. The zero-order valence-corrected chi connectivity index (χ0v) is 18.5. The first kappa shape index (κ1) is 22.8. The molecule has 4 heterocycles. The number of rotatable bonds is 5. The number of H-pyrrole nitrogens is 1. The first-order valence-corrected chi connectivity index (χ1v) is 10.5. The Hall–Kier alpha value is -4.94. The third-order valence-electron chi connectivity index (χ3n) is 5.26. The van der Waals surface area contributed by atoms with E-state index in [1.807, 2.05) is 6.92 Å². The summed E-state index contributed by atoms with van der Waals surface area (Å²) in [5.74, 6) is -0.398. The fourth-order valence-corrected chi connectivity index (χ4v) is 3.47. The quantitative estimate of drug-likeness (QED) is 0.327. The van der Waals surface area contributed by atoms with E-state index in [9.17, 15) is 18.0 Å². The van der Waals surface area contributed by atoms with E-state index < -0.39 is 17.6 Å². The zero-order valence-electron chi connectivity index (χ0n) is 18.5. The van der Waals surface area contributed by atoms with Crippen molar-refractivity contribution in [3.8, 4) is 11.3 Å². The highest BCUT2D eigenvalue weighted by molar-refractivity contribution is 6.03. The van der Waals surface area contributed by atoms with Crippen LogP contribution in [0.4, 0.5) is 30.4 Å². The largest absolute Gasteiger partial charge is 0.416 e. The molecule has 0 saturated heterocycles. The van der Waals surface area contributed by atoms with Gasteiger partial charge in [-0.3, -0.25) is 9.78 Å². The SMILES string of the molecule is Cc1ccc(NC(=O)c2cc(C(F)(F)F)ccn2)cc1Nc1nnccc1-c1ncnc2[nH]cnc12. The molecule has 10 nitrogen and oxygen atoms in total. The number of nitrogens with zero attached hydrogens (tertiary/aromatic N) is 6. The maximum atomic E-state index is 13.0. The van der Waals surface area contributed by atoms with Gasteiger partial charge < -0.3 is 15.6 Å². The molecule has 180 valence electrons. The van der Waals surface area contributed by atoms with Crippen LogP contribution in [0.25, 0.3) is 22.4 Å². The first-order chi connectivity index (χ1) is 17.3. The van der Waals surface area contributed by atoms with E-state index in [1.54, 1.807) is 24.3 Å². The summed E-state index contributed by atoms with van der Waals surface area (Å²) in [5, 5.41) is 13.9. The van der Waals surface area contributed by atoms with Crippen LogP contribution >= 0.6 is 0 Å². The molecular formula is C23H16F3N9O. The molecule has 5 rings (SSSR count). The molecular weight excluding hydrogens is 475 g/mol. The minimum Gasteiger partial charge on any atom is -0.338 e. The van der Waals surface area contributed by atoms with Crippen molar-refractivity contribution in [3.63, 3.8) is 0 Å². The number of nitrogens with one attached hydrogen (secondary N) is 3. The van der Waals surface area contributed by atoms with Gasteiger partial charge in [0.2, 0.25) is 0 Å². The Morgan fingerprint density at radius 2 is 1.86 bits per heavy atom. The number of amides is 1. The monoisotopic (exact) mass is 491 g/mol. The molecule has 5 aromatic rings. The molecule has 0 bridgehead atoms. The van der Waals surface area contributed by atoms with Crippen molar-refractivity contribution >= 4 is 34.3 Å². The van der Waals surface area contributed by atoms with Crippen LogP contribution < -0.4 is 10.6 Å². The number of hydrogen-bond acceptors (Lipinski definition) is 8. The van der Waals surface area contributed by atoms with E-state index in [0.717, 1.165) is 17.8 Å².